The van der Waals surface area contributed by atoms with Crippen LogP contribution < -0.4 is 21.1 Å². The number of benzene rings is 1. The molecule has 4 rings (SSSR count). The number of likely N-dealkylation sites (tertiary alicyclic amines) is 1. The fraction of sp³-hybridized carbons (Fsp3) is 0.318. The van der Waals surface area contributed by atoms with Gasteiger partial charge in [0.05, 0.1) is 18.3 Å². The molecule has 0 radical (unpaired) electrons. The molecular weight excluding hydrogens is 412 g/mol. The van der Waals surface area contributed by atoms with E-state index < -0.39 is 5.91 Å². The van der Waals surface area contributed by atoms with E-state index in [1.54, 1.807) is 29.2 Å². The first-order chi connectivity index (χ1) is 15.4. The van der Waals surface area contributed by atoms with E-state index in [0.29, 0.717) is 23.7 Å². The number of anilines is 3. The molecule has 32 heavy (non-hydrogen) atoms. The number of hydrogen-bond acceptors (Lipinski definition) is 7. The first-order valence-corrected chi connectivity index (χ1v) is 10.3. The number of nitrogens with two attached hydrogens (primary N) is 1. The number of nitrogens with one attached hydrogen (secondary N) is 2. The quantitative estimate of drug-likeness (QED) is 0.536. The number of nitrogens with zero attached hydrogens (tertiary/aromatic N) is 3. The number of primary amides is 1. The lowest BCUT2D eigenvalue weighted by Gasteiger charge is -2.45. The van der Waals surface area contributed by atoms with Crippen LogP contribution in [0.4, 0.5) is 17.2 Å². The normalized spacial score (nSPS) is 19.5. The number of carbonyl (C=O) groups excluding carboxylic acids is 3. The van der Waals surface area contributed by atoms with Crippen LogP contribution in [-0.2, 0) is 9.59 Å². The van der Waals surface area contributed by atoms with Crippen LogP contribution in [0.2, 0.25) is 0 Å². The minimum atomic E-state index is -0.747. The van der Waals surface area contributed by atoms with E-state index in [0.717, 1.165) is 12.8 Å². The molecule has 10 heteroatoms. The summed E-state index contributed by atoms with van der Waals surface area (Å²) < 4.78 is 6.01. The zero-order valence-electron chi connectivity index (χ0n) is 17.6. The van der Waals surface area contributed by atoms with E-state index >= 15 is 0 Å². The average molecular weight is 436 g/mol. The smallest absolute Gasteiger partial charge is 0.271 e. The number of carbonyl (C=O) groups is 3. The molecule has 1 saturated heterocycles. The molecule has 1 aromatic heterocycles. The van der Waals surface area contributed by atoms with Crippen molar-refractivity contribution in [3.8, 4) is 5.75 Å². The van der Waals surface area contributed by atoms with Gasteiger partial charge in [0.15, 0.2) is 11.5 Å². The van der Waals surface area contributed by atoms with Gasteiger partial charge in [0, 0.05) is 23.7 Å². The molecule has 2 aliphatic rings. The molecule has 0 bridgehead atoms. The summed E-state index contributed by atoms with van der Waals surface area (Å²) in [6, 6.07) is 8.60. The summed E-state index contributed by atoms with van der Waals surface area (Å²) >= 11 is 0. The summed E-state index contributed by atoms with van der Waals surface area (Å²) in [4.78, 5) is 37.2. The van der Waals surface area contributed by atoms with E-state index in [1.807, 2.05) is 6.92 Å². The molecule has 3 amide bonds. The van der Waals surface area contributed by atoms with Gasteiger partial charge in [-0.15, -0.1) is 10.2 Å². The third kappa shape index (κ3) is 4.53. The molecule has 2 unspecified atom stereocenters. The lowest BCUT2D eigenvalue weighted by Crippen LogP contribution is -2.62. The molecule has 2 fully saturated rings. The van der Waals surface area contributed by atoms with Crippen molar-refractivity contribution in [2.45, 2.75) is 31.9 Å². The van der Waals surface area contributed by atoms with Crippen molar-refractivity contribution in [3.05, 3.63) is 48.7 Å². The monoisotopic (exact) mass is 436 g/mol. The summed E-state index contributed by atoms with van der Waals surface area (Å²) in [6.45, 7) is 5.90. The molecule has 2 atom stereocenters. The topological polar surface area (TPSA) is 140 Å². The molecule has 2 heterocycles. The van der Waals surface area contributed by atoms with Gasteiger partial charge in [0.25, 0.3) is 5.91 Å². The lowest BCUT2D eigenvalue weighted by molar-refractivity contribution is -0.141. The van der Waals surface area contributed by atoms with E-state index in [9.17, 15) is 14.4 Å². The third-order valence-electron chi connectivity index (χ3n) is 5.49. The number of aromatic nitrogens is 2. The Kier molecular flexibility index (Phi) is 5.76. The molecule has 1 aliphatic heterocycles. The van der Waals surface area contributed by atoms with Crippen molar-refractivity contribution < 1.29 is 19.1 Å². The van der Waals surface area contributed by atoms with Crippen LogP contribution in [0.1, 0.15) is 30.3 Å². The van der Waals surface area contributed by atoms with Gasteiger partial charge < -0.3 is 26.0 Å². The van der Waals surface area contributed by atoms with Crippen molar-refractivity contribution in [1.82, 2.24) is 15.1 Å². The Morgan fingerprint density at radius 1 is 1.25 bits per heavy atom. The molecule has 4 N–H and O–H groups in total. The van der Waals surface area contributed by atoms with Crippen LogP contribution in [0, 0.1) is 5.92 Å². The predicted octanol–water partition coefficient (Wildman–Crippen LogP) is 1.83. The highest BCUT2D eigenvalue weighted by molar-refractivity contribution is 5.98. The number of rotatable bonds is 8. The standard InChI is InChI=1S/C22H24N6O4/c1-3-19(29)28-11-17(12(28)2)32-15-6-4-5-14(9-15)24-16-10-18(25-22(31)13-7-8-13)26-27-20(16)21(23)30/h3-6,9-10,12-13,17H,1,7-8,11H2,2H3,(H2,23,30)(H2,24,25,26,31). The second kappa shape index (κ2) is 8.66. The van der Waals surface area contributed by atoms with Crippen molar-refractivity contribution in [2.24, 2.45) is 11.7 Å². The van der Waals surface area contributed by atoms with E-state index in [1.165, 1.54) is 12.1 Å². The van der Waals surface area contributed by atoms with E-state index in [4.69, 9.17) is 10.5 Å². The zero-order chi connectivity index (χ0) is 22.8. The van der Waals surface area contributed by atoms with E-state index in [-0.39, 0.29) is 41.4 Å². The highest BCUT2D eigenvalue weighted by Crippen LogP contribution is 2.31. The average Bonchev–Trinajstić information content (AvgIpc) is 3.61. The van der Waals surface area contributed by atoms with Crippen LogP contribution >= 0.6 is 0 Å². The first-order valence-electron chi connectivity index (χ1n) is 10.3. The van der Waals surface area contributed by atoms with Crippen molar-refractivity contribution >= 4 is 34.9 Å². The van der Waals surface area contributed by atoms with Crippen LogP contribution in [-0.4, -0.2) is 51.5 Å². The van der Waals surface area contributed by atoms with Crippen molar-refractivity contribution in [1.29, 1.82) is 0 Å². The highest BCUT2D eigenvalue weighted by Gasteiger charge is 2.39. The summed E-state index contributed by atoms with van der Waals surface area (Å²) in [5, 5.41) is 13.5. The maximum absolute atomic E-state index is 12.0. The number of amides is 3. The van der Waals surface area contributed by atoms with Crippen LogP contribution in [0.3, 0.4) is 0 Å². The van der Waals surface area contributed by atoms with Gasteiger partial charge in [0.1, 0.15) is 11.9 Å². The van der Waals surface area contributed by atoms with Crippen molar-refractivity contribution in [3.63, 3.8) is 0 Å². The molecule has 166 valence electrons. The summed E-state index contributed by atoms with van der Waals surface area (Å²) in [5.41, 5.74) is 6.33. The molecule has 10 nitrogen and oxygen atoms in total. The zero-order valence-corrected chi connectivity index (χ0v) is 17.6. The van der Waals surface area contributed by atoms with Gasteiger partial charge >= 0.3 is 0 Å². The molecule has 1 aromatic carbocycles. The summed E-state index contributed by atoms with van der Waals surface area (Å²) in [6.07, 6.45) is 2.87. The highest BCUT2D eigenvalue weighted by atomic mass is 16.5. The van der Waals surface area contributed by atoms with Gasteiger partial charge in [-0.25, -0.2) is 0 Å². The lowest BCUT2D eigenvalue weighted by atomic mass is 10.0. The Labute approximate surface area is 184 Å². The molecule has 0 spiro atoms. The van der Waals surface area contributed by atoms with Gasteiger partial charge in [-0.1, -0.05) is 12.6 Å². The molecule has 1 saturated carbocycles. The minimum Gasteiger partial charge on any atom is -0.486 e. The van der Waals surface area contributed by atoms with Gasteiger partial charge in [-0.05, 0) is 38.0 Å². The summed E-state index contributed by atoms with van der Waals surface area (Å²) in [7, 11) is 0. The maximum atomic E-state index is 12.0. The van der Waals surface area contributed by atoms with Crippen LogP contribution in [0.5, 0.6) is 5.75 Å². The van der Waals surface area contributed by atoms with Crippen LogP contribution in [0.15, 0.2) is 43.0 Å². The Bertz CT molecular complexity index is 1080. The Morgan fingerprint density at radius 2 is 2.03 bits per heavy atom. The van der Waals surface area contributed by atoms with E-state index in [2.05, 4.69) is 27.4 Å². The Balaban J connectivity index is 1.47. The van der Waals surface area contributed by atoms with Crippen LogP contribution in [0.25, 0.3) is 0 Å². The number of hydrogen-bond donors (Lipinski definition) is 3. The SMILES string of the molecule is C=CC(=O)N1CC(Oc2cccc(Nc3cc(NC(=O)C4CC4)nnc3C(N)=O)c2)C1C. The van der Waals surface area contributed by atoms with Gasteiger partial charge in [-0.2, -0.15) is 0 Å². The minimum absolute atomic E-state index is 0.00412. The van der Waals surface area contributed by atoms with Gasteiger partial charge in [0.2, 0.25) is 11.8 Å². The fourth-order valence-corrected chi connectivity index (χ4v) is 3.40. The van der Waals surface area contributed by atoms with Crippen molar-refractivity contribution in [2.75, 3.05) is 17.2 Å². The fourth-order valence-electron chi connectivity index (χ4n) is 3.40. The second-order valence-corrected chi connectivity index (χ2v) is 7.86. The van der Waals surface area contributed by atoms with Gasteiger partial charge in [-0.3, -0.25) is 14.4 Å². The second-order valence-electron chi connectivity index (χ2n) is 7.86. The molecule has 1 aliphatic carbocycles. The predicted molar refractivity (Wildman–Crippen MR) is 117 cm³/mol. The Hall–Kier alpha value is -3.95. The molecule has 2 aromatic rings. The Morgan fingerprint density at radius 3 is 2.69 bits per heavy atom. The third-order valence-corrected chi connectivity index (χ3v) is 5.49. The summed E-state index contributed by atoms with van der Waals surface area (Å²) in [5.74, 6) is -0.153. The molecular formula is C22H24N6O4. The number of ether oxygens (including phenoxy) is 1. The first kappa shape index (κ1) is 21.3. The maximum Gasteiger partial charge on any atom is 0.271 e. The largest absolute Gasteiger partial charge is 0.486 e.